The molecule has 3 rings (SSSR count). The topological polar surface area (TPSA) is 87.9 Å². The quantitative estimate of drug-likeness (QED) is 0.187. The van der Waals surface area contributed by atoms with Crippen LogP contribution in [0.4, 0.5) is 0 Å². The summed E-state index contributed by atoms with van der Waals surface area (Å²) in [6.07, 6.45) is 4.02. The minimum Gasteiger partial charge on any atom is -0.460 e. The third-order valence-electron chi connectivity index (χ3n) is 5.45. The highest BCUT2D eigenvalue weighted by Crippen LogP contribution is 2.51. The van der Waals surface area contributed by atoms with E-state index in [4.69, 9.17) is 31.1 Å². The molecule has 196 valence electrons. The van der Waals surface area contributed by atoms with Crippen LogP contribution in [-0.4, -0.2) is 31.8 Å². The molecule has 3 aromatic rings. The van der Waals surface area contributed by atoms with Gasteiger partial charge in [0, 0.05) is 5.02 Å². The van der Waals surface area contributed by atoms with Crippen molar-refractivity contribution >= 4 is 31.2 Å². The molecule has 37 heavy (non-hydrogen) atoms. The molecule has 8 heteroatoms. The van der Waals surface area contributed by atoms with Gasteiger partial charge in [-0.25, -0.2) is 0 Å². The third kappa shape index (κ3) is 9.26. The molecule has 0 aromatic heterocycles. The van der Waals surface area contributed by atoms with Gasteiger partial charge >= 0.3 is 13.6 Å². The highest BCUT2D eigenvalue weighted by Gasteiger charge is 2.25. The smallest absolute Gasteiger partial charge is 0.335 e. The Labute approximate surface area is 223 Å². The zero-order valence-corrected chi connectivity index (χ0v) is 22.8. The van der Waals surface area contributed by atoms with Crippen LogP contribution in [0.3, 0.4) is 0 Å². The number of nitrogens with two attached hydrogens (primary N) is 1. The van der Waals surface area contributed by atoms with Gasteiger partial charge in [0.05, 0.1) is 19.4 Å². The van der Waals surface area contributed by atoms with Crippen molar-refractivity contribution in [2.75, 3.05) is 19.8 Å². The van der Waals surface area contributed by atoms with Crippen LogP contribution >= 0.6 is 19.2 Å². The van der Waals surface area contributed by atoms with Gasteiger partial charge in [0.2, 0.25) is 0 Å². The molecule has 0 fully saturated rings. The van der Waals surface area contributed by atoms with Gasteiger partial charge in [-0.15, -0.1) is 0 Å². The SMILES string of the molecule is CCOP(=O)(Cc1cc(CC(N)C(=O)OCC=Cc2ccccc2)cc(-c2ccc(Cl)cc2)c1)OCC. The van der Waals surface area contributed by atoms with Crippen molar-refractivity contribution in [2.45, 2.75) is 32.5 Å². The molecule has 0 heterocycles. The first-order valence-corrected chi connectivity index (χ1v) is 14.3. The van der Waals surface area contributed by atoms with E-state index >= 15 is 0 Å². The summed E-state index contributed by atoms with van der Waals surface area (Å²) in [4.78, 5) is 12.6. The minimum atomic E-state index is -3.33. The number of ether oxygens (including phenoxy) is 1. The number of benzene rings is 3. The standard InChI is InChI=1S/C29H33ClNO5P/c1-3-35-37(33,36-4-2)21-24-17-23(18-26(19-24)25-12-14-27(30)15-13-25)20-28(31)29(32)34-16-8-11-22-9-6-5-7-10-22/h5-15,17-19,28H,3-4,16,20-21,31H2,1-2H3. The molecular formula is C29H33ClNO5P. The summed E-state index contributed by atoms with van der Waals surface area (Å²) < 4.78 is 29.5. The van der Waals surface area contributed by atoms with Crippen molar-refractivity contribution < 1.29 is 23.1 Å². The highest BCUT2D eigenvalue weighted by atomic mass is 35.5. The van der Waals surface area contributed by atoms with Gasteiger partial charge in [-0.2, -0.15) is 0 Å². The first-order valence-electron chi connectivity index (χ1n) is 12.2. The molecule has 0 aliphatic carbocycles. The first-order chi connectivity index (χ1) is 17.8. The van der Waals surface area contributed by atoms with Crippen LogP contribution in [0, 0.1) is 0 Å². The predicted molar refractivity (Wildman–Crippen MR) is 150 cm³/mol. The number of hydrogen-bond acceptors (Lipinski definition) is 6. The number of carbonyl (C=O) groups excluding carboxylic acids is 1. The van der Waals surface area contributed by atoms with Gasteiger partial charge in [0.25, 0.3) is 0 Å². The number of halogens is 1. The van der Waals surface area contributed by atoms with Crippen LogP contribution in [0.2, 0.25) is 5.02 Å². The van der Waals surface area contributed by atoms with E-state index in [2.05, 4.69) is 0 Å². The predicted octanol–water partition coefficient (Wildman–Crippen LogP) is 6.90. The number of hydrogen-bond donors (Lipinski definition) is 1. The molecule has 0 spiro atoms. The summed E-state index contributed by atoms with van der Waals surface area (Å²) in [7, 11) is -3.33. The summed E-state index contributed by atoms with van der Waals surface area (Å²) in [6, 6.07) is 22.1. The lowest BCUT2D eigenvalue weighted by Crippen LogP contribution is -2.34. The van der Waals surface area contributed by atoms with Crippen LogP contribution in [0.15, 0.2) is 78.9 Å². The Morgan fingerprint density at radius 1 is 0.946 bits per heavy atom. The van der Waals surface area contributed by atoms with Crippen LogP contribution < -0.4 is 5.73 Å². The molecule has 0 saturated heterocycles. The van der Waals surface area contributed by atoms with E-state index in [0.29, 0.717) is 5.02 Å². The van der Waals surface area contributed by atoms with E-state index in [1.807, 2.05) is 66.7 Å². The maximum Gasteiger partial charge on any atom is 0.335 e. The van der Waals surface area contributed by atoms with E-state index < -0.39 is 19.6 Å². The first kappa shape index (κ1) is 28.8. The van der Waals surface area contributed by atoms with E-state index in [9.17, 15) is 9.36 Å². The van der Waals surface area contributed by atoms with Crippen LogP contribution in [0.25, 0.3) is 17.2 Å². The van der Waals surface area contributed by atoms with E-state index in [1.165, 1.54) is 0 Å². The Balaban J connectivity index is 1.77. The summed E-state index contributed by atoms with van der Waals surface area (Å²) >= 11 is 6.07. The monoisotopic (exact) mass is 541 g/mol. The lowest BCUT2D eigenvalue weighted by molar-refractivity contribution is -0.143. The average molecular weight is 542 g/mol. The van der Waals surface area contributed by atoms with Gasteiger partial charge in [0.1, 0.15) is 12.6 Å². The van der Waals surface area contributed by atoms with E-state index in [-0.39, 0.29) is 32.4 Å². The molecule has 0 saturated carbocycles. The Morgan fingerprint density at radius 3 is 2.24 bits per heavy atom. The molecular weight excluding hydrogens is 509 g/mol. The summed E-state index contributed by atoms with van der Waals surface area (Å²) in [5.74, 6) is -0.495. The van der Waals surface area contributed by atoms with Crippen molar-refractivity contribution in [3.63, 3.8) is 0 Å². The van der Waals surface area contributed by atoms with Crippen molar-refractivity contribution in [3.05, 3.63) is 101 Å². The fourth-order valence-electron chi connectivity index (χ4n) is 3.85. The average Bonchev–Trinajstić information content (AvgIpc) is 2.87. The van der Waals surface area contributed by atoms with Crippen molar-refractivity contribution in [2.24, 2.45) is 5.73 Å². The normalized spacial score (nSPS) is 12.5. The molecule has 0 amide bonds. The zero-order valence-electron chi connectivity index (χ0n) is 21.1. The number of carbonyl (C=O) groups is 1. The minimum absolute atomic E-state index is 0.104. The second-order valence-corrected chi connectivity index (χ2v) is 10.9. The lowest BCUT2D eigenvalue weighted by atomic mass is 9.97. The van der Waals surface area contributed by atoms with Gasteiger partial charge < -0.3 is 19.5 Å². The van der Waals surface area contributed by atoms with Crippen LogP contribution in [-0.2, 0) is 35.7 Å². The van der Waals surface area contributed by atoms with E-state index in [1.54, 1.807) is 32.1 Å². The Bertz CT molecular complexity index is 1220. The second kappa shape index (κ2) is 14.3. The third-order valence-corrected chi connectivity index (χ3v) is 7.76. The molecule has 6 nitrogen and oxygen atoms in total. The maximum absolute atomic E-state index is 13.2. The Hall–Kier alpha value is -2.73. The molecule has 0 bridgehead atoms. The molecule has 0 aliphatic heterocycles. The van der Waals surface area contributed by atoms with Gasteiger partial charge in [-0.05, 0) is 66.3 Å². The number of esters is 1. The van der Waals surface area contributed by atoms with E-state index in [0.717, 1.165) is 27.8 Å². The van der Waals surface area contributed by atoms with Gasteiger partial charge in [-0.3, -0.25) is 9.36 Å². The summed E-state index contributed by atoms with van der Waals surface area (Å²) in [6.45, 7) is 4.23. The number of rotatable bonds is 13. The largest absolute Gasteiger partial charge is 0.460 e. The lowest BCUT2D eigenvalue weighted by Gasteiger charge is -2.19. The zero-order chi connectivity index (χ0) is 26.7. The maximum atomic E-state index is 13.2. The molecule has 2 N–H and O–H groups in total. The molecule has 0 aliphatic rings. The van der Waals surface area contributed by atoms with Crippen molar-refractivity contribution in [1.82, 2.24) is 0 Å². The second-order valence-electron chi connectivity index (χ2n) is 8.40. The molecule has 0 radical (unpaired) electrons. The van der Waals surface area contributed by atoms with Crippen LogP contribution in [0.5, 0.6) is 0 Å². The summed E-state index contributed by atoms with van der Waals surface area (Å²) in [5, 5.41) is 0.628. The van der Waals surface area contributed by atoms with Crippen molar-refractivity contribution in [3.8, 4) is 11.1 Å². The molecule has 3 aromatic carbocycles. The highest BCUT2D eigenvalue weighted by molar-refractivity contribution is 7.53. The fourth-order valence-corrected chi connectivity index (χ4v) is 5.65. The molecule has 1 atom stereocenters. The van der Waals surface area contributed by atoms with Crippen LogP contribution in [0.1, 0.15) is 30.5 Å². The van der Waals surface area contributed by atoms with Gasteiger partial charge in [-0.1, -0.05) is 78.3 Å². The van der Waals surface area contributed by atoms with Gasteiger partial charge in [0.15, 0.2) is 0 Å². The Kier molecular flexibility index (Phi) is 11.1. The Morgan fingerprint density at radius 2 is 1.59 bits per heavy atom. The molecule has 1 unspecified atom stereocenters. The van der Waals surface area contributed by atoms with Crippen molar-refractivity contribution in [1.29, 1.82) is 0 Å². The fraction of sp³-hybridized carbons (Fsp3) is 0.276. The summed E-state index contributed by atoms with van der Waals surface area (Å²) in [5.41, 5.74) is 10.6.